The average Bonchev–Trinajstić information content (AvgIpc) is 3.10. The van der Waals surface area contributed by atoms with Crippen molar-refractivity contribution in [3.05, 3.63) is 89.7 Å². The predicted molar refractivity (Wildman–Crippen MR) is 164 cm³/mol. The molecule has 0 spiro atoms. The molecule has 1 saturated heterocycles. The molecule has 240 valence electrons. The Bertz CT molecular complexity index is 1390. The Labute approximate surface area is 263 Å². The molecule has 45 heavy (non-hydrogen) atoms. The molecular weight excluding hydrogens is 580 g/mol. The van der Waals surface area contributed by atoms with E-state index in [2.05, 4.69) is 22.4 Å². The number of rotatable bonds is 13. The van der Waals surface area contributed by atoms with E-state index in [1.165, 1.54) is 19.4 Å². The molecule has 11 heteroatoms. The van der Waals surface area contributed by atoms with Crippen molar-refractivity contribution >= 4 is 17.8 Å². The second-order valence-corrected chi connectivity index (χ2v) is 10.5. The van der Waals surface area contributed by atoms with E-state index in [0.717, 1.165) is 11.1 Å². The van der Waals surface area contributed by atoms with Crippen molar-refractivity contribution in [2.24, 2.45) is 5.92 Å². The molecule has 0 saturated carbocycles. The van der Waals surface area contributed by atoms with Gasteiger partial charge in [-0.2, -0.15) is 0 Å². The summed E-state index contributed by atoms with van der Waals surface area (Å²) in [6, 6.07) is 20.5. The number of amides is 1. The van der Waals surface area contributed by atoms with Crippen LogP contribution in [-0.4, -0.2) is 74.8 Å². The zero-order chi connectivity index (χ0) is 32.0. The van der Waals surface area contributed by atoms with Gasteiger partial charge in [-0.1, -0.05) is 60.7 Å². The minimum absolute atomic E-state index is 0.0476. The van der Waals surface area contributed by atoms with Crippen molar-refractivity contribution in [3.8, 4) is 11.5 Å². The smallest absolute Gasteiger partial charge is 0.334 e. The van der Waals surface area contributed by atoms with E-state index in [0.29, 0.717) is 19.4 Å². The zero-order valence-electron chi connectivity index (χ0n) is 25.8. The van der Waals surface area contributed by atoms with Crippen LogP contribution in [0.15, 0.2) is 72.9 Å². The number of benzene rings is 2. The van der Waals surface area contributed by atoms with Crippen LogP contribution in [0.1, 0.15) is 41.9 Å². The molecule has 4 atom stereocenters. The number of carbonyl (C=O) groups excluding carboxylic acids is 3. The number of aromatic nitrogens is 1. The lowest BCUT2D eigenvalue weighted by molar-refractivity contribution is -0.156. The van der Waals surface area contributed by atoms with Gasteiger partial charge in [0.2, 0.25) is 6.79 Å². The molecule has 1 aromatic heterocycles. The number of pyridine rings is 1. The number of hydrogen-bond donors (Lipinski definition) is 1. The minimum atomic E-state index is -1.02. The number of methoxy groups -OCH3 is 1. The third-order valence-electron chi connectivity index (χ3n) is 7.46. The molecule has 0 radical (unpaired) electrons. The maximum absolute atomic E-state index is 13.5. The van der Waals surface area contributed by atoms with Crippen LogP contribution >= 0.6 is 0 Å². The molecule has 1 aliphatic rings. The van der Waals surface area contributed by atoms with Crippen LogP contribution in [0.3, 0.4) is 0 Å². The van der Waals surface area contributed by atoms with Gasteiger partial charge in [-0.25, -0.2) is 14.6 Å². The summed E-state index contributed by atoms with van der Waals surface area (Å²) < 4.78 is 33.4. The fraction of sp³-hybridized carbons (Fsp3) is 0.412. The van der Waals surface area contributed by atoms with Gasteiger partial charge in [-0.3, -0.25) is 4.79 Å². The molecular formula is C34H40N2O9. The van der Waals surface area contributed by atoms with Gasteiger partial charge in [0.15, 0.2) is 17.2 Å². The van der Waals surface area contributed by atoms with Crippen molar-refractivity contribution < 1.29 is 42.8 Å². The lowest BCUT2D eigenvalue weighted by Gasteiger charge is -2.31. The molecule has 2 heterocycles. The van der Waals surface area contributed by atoms with Crippen LogP contribution in [-0.2, 0) is 41.4 Å². The lowest BCUT2D eigenvalue weighted by atomic mass is 9.86. The summed E-state index contributed by atoms with van der Waals surface area (Å²) in [6.07, 6.45) is 2.08. The van der Waals surface area contributed by atoms with Crippen molar-refractivity contribution in [2.45, 2.75) is 51.4 Å². The Hall–Kier alpha value is -4.48. The second kappa shape index (κ2) is 17.1. The Balaban J connectivity index is 1.50. The zero-order valence-corrected chi connectivity index (χ0v) is 25.8. The second-order valence-electron chi connectivity index (χ2n) is 10.5. The van der Waals surface area contributed by atoms with E-state index in [4.69, 9.17) is 28.4 Å². The van der Waals surface area contributed by atoms with E-state index in [1.54, 1.807) is 6.92 Å². The number of nitrogens with zero attached hydrogens (tertiary/aromatic N) is 1. The number of carbonyl (C=O) groups is 3. The number of esters is 2. The van der Waals surface area contributed by atoms with Gasteiger partial charge in [0.25, 0.3) is 5.91 Å². The normalized spacial score (nSPS) is 20.1. The maximum Gasteiger partial charge on any atom is 0.334 e. The first-order chi connectivity index (χ1) is 21.9. The molecule has 11 nitrogen and oxygen atoms in total. The summed E-state index contributed by atoms with van der Waals surface area (Å²) >= 11 is 0. The van der Waals surface area contributed by atoms with Gasteiger partial charge in [-0.05, 0) is 37.8 Å². The summed E-state index contributed by atoms with van der Waals surface area (Å²) in [6.45, 7) is 3.43. The molecule has 4 rings (SSSR count). The predicted octanol–water partition coefficient (Wildman–Crippen LogP) is 3.93. The van der Waals surface area contributed by atoms with Crippen molar-refractivity contribution in [3.63, 3.8) is 0 Å². The maximum atomic E-state index is 13.5. The monoisotopic (exact) mass is 620 g/mol. The summed E-state index contributed by atoms with van der Waals surface area (Å²) in [7, 11) is 1.40. The third-order valence-corrected chi connectivity index (χ3v) is 7.46. The van der Waals surface area contributed by atoms with Crippen LogP contribution in [0.4, 0.5) is 0 Å². The third kappa shape index (κ3) is 9.75. The van der Waals surface area contributed by atoms with E-state index in [-0.39, 0.29) is 48.8 Å². The van der Waals surface area contributed by atoms with Gasteiger partial charge in [0.1, 0.15) is 18.8 Å². The van der Waals surface area contributed by atoms with E-state index >= 15 is 0 Å². The first kappa shape index (κ1) is 33.4. The number of ether oxygens (including phenoxy) is 6. The van der Waals surface area contributed by atoms with Gasteiger partial charge in [0.05, 0.1) is 13.2 Å². The summed E-state index contributed by atoms with van der Waals surface area (Å²) in [5, 5.41) is 2.73. The van der Waals surface area contributed by atoms with Crippen LogP contribution in [0.25, 0.3) is 0 Å². The summed E-state index contributed by atoms with van der Waals surface area (Å²) in [4.78, 5) is 42.9. The summed E-state index contributed by atoms with van der Waals surface area (Å²) in [5.41, 5.74) is 2.07. The van der Waals surface area contributed by atoms with Crippen molar-refractivity contribution in [1.29, 1.82) is 0 Å². The number of nitrogens with one attached hydrogen (secondary N) is 1. The highest BCUT2D eigenvalue weighted by atomic mass is 16.7. The van der Waals surface area contributed by atoms with E-state index < -0.39 is 36.8 Å². The van der Waals surface area contributed by atoms with Crippen LogP contribution in [0.2, 0.25) is 0 Å². The quantitative estimate of drug-likeness (QED) is 0.222. The Morgan fingerprint density at radius 3 is 2.36 bits per heavy atom. The largest absolute Gasteiger partial charge is 0.493 e. The van der Waals surface area contributed by atoms with Gasteiger partial charge < -0.3 is 33.7 Å². The van der Waals surface area contributed by atoms with Gasteiger partial charge in [-0.15, -0.1) is 0 Å². The fourth-order valence-corrected chi connectivity index (χ4v) is 5.11. The topological polar surface area (TPSA) is 132 Å². The van der Waals surface area contributed by atoms with Gasteiger partial charge >= 0.3 is 11.9 Å². The van der Waals surface area contributed by atoms with Crippen LogP contribution in [0, 0.1) is 5.92 Å². The first-order valence-electron chi connectivity index (χ1n) is 15.0. The molecule has 0 bridgehead atoms. The highest BCUT2D eigenvalue weighted by Crippen LogP contribution is 2.30. The Morgan fingerprint density at radius 2 is 1.69 bits per heavy atom. The highest BCUT2D eigenvalue weighted by Gasteiger charge is 2.35. The SMILES string of the molecule is CCOCC(=O)OCOc1c(OC)ccnc1C(=O)N[C@H]1CCO[C@H](Cc2ccccc2)[C@@H](Cc2ccccc2)[C@H](C)OC1=O. The standard InChI is InChI=1S/C34H40N2O9/c1-4-41-21-30(37)43-22-44-32-28(40-3)15-17-35-31(32)33(38)36-27-16-18-42-29(20-25-13-9-6-10-14-25)26(23(2)45-34(27)39)19-24-11-7-5-8-12-24/h5-15,17,23,26-27,29H,4,16,18-22H2,1-3H3,(H,36,38)/t23-,26-,27-,29+/m0/s1. The first-order valence-corrected chi connectivity index (χ1v) is 15.0. The lowest BCUT2D eigenvalue weighted by Crippen LogP contribution is -2.44. The van der Waals surface area contributed by atoms with E-state index in [1.807, 2.05) is 55.5 Å². The fourth-order valence-electron chi connectivity index (χ4n) is 5.11. The molecule has 1 N–H and O–H groups in total. The van der Waals surface area contributed by atoms with Gasteiger partial charge in [0, 0.05) is 37.8 Å². The molecule has 0 unspecified atom stereocenters. The molecule has 3 aromatic rings. The minimum Gasteiger partial charge on any atom is -0.493 e. The van der Waals surface area contributed by atoms with Crippen LogP contribution in [0.5, 0.6) is 11.5 Å². The molecule has 1 aliphatic heterocycles. The molecule has 0 aliphatic carbocycles. The molecule has 1 amide bonds. The van der Waals surface area contributed by atoms with Crippen LogP contribution < -0.4 is 14.8 Å². The average molecular weight is 621 g/mol. The Kier molecular flexibility index (Phi) is 12.7. The number of hydrogen-bond acceptors (Lipinski definition) is 10. The number of cyclic esters (lactones) is 1. The van der Waals surface area contributed by atoms with Crippen molar-refractivity contribution in [1.82, 2.24) is 10.3 Å². The summed E-state index contributed by atoms with van der Waals surface area (Å²) in [5.74, 6) is -1.90. The van der Waals surface area contributed by atoms with Crippen molar-refractivity contribution in [2.75, 3.05) is 33.7 Å². The molecule has 1 fully saturated rings. The van der Waals surface area contributed by atoms with E-state index in [9.17, 15) is 14.4 Å². The molecule has 2 aromatic carbocycles. The Morgan fingerprint density at radius 1 is 1.00 bits per heavy atom. The highest BCUT2D eigenvalue weighted by molar-refractivity contribution is 5.98.